The van der Waals surface area contributed by atoms with Crippen molar-refractivity contribution in [3.05, 3.63) is 32.6 Å². The Labute approximate surface area is 93.3 Å². The molecule has 5 heteroatoms. The van der Waals surface area contributed by atoms with Crippen molar-refractivity contribution in [2.75, 3.05) is 0 Å². The van der Waals surface area contributed by atoms with Crippen LogP contribution in [-0.4, -0.2) is 20.8 Å². The lowest BCUT2D eigenvalue weighted by molar-refractivity contribution is 0.306. The Hall–Kier alpha value is -1.36. The van der Waals surface area contributed by atoms with Crippen LogP contribution >= 0.6 is 0 Å². The van der Waals surface area contributed by atoms with E-state index in [0.29, 0.717) is 6.42 Å². The maximum atomic E-state index is 11.7. The maximum Gasteiger partial charge on any atom is 0.330 e. The normalized spacial score (nSPS) is 28.1. The van der Waals surface area contributed by atoms with E-state index < -0.39 is 0 Å². The molecule has 0 amide bonds. The minimum absolute atomic E-state index is 0.187. The summed E-state index contributed by atoms with van der Waals surface area (Å²) in [6.07, 6.45) is 0.780. The van der Waals surface area contributed by atoms with Crippen LogP contribution in [0.15, 0.2) is 15.7 Å². The largest absolute Gasteiger partial charge is 0.366 e. The number of hydrogen-bond acceptors (Lipinski definition) is 3. The topological polar surface area (TPSA) is 56.5 Å². The highest BCUT2D eigenvalue weighted by Crippen LogP contribution is 2.38. The van der Waals surface area contributed by atoms with Crippen molar-refractivity contribution in [1.29, 1.82) is 0 Å². The van der Waals surface area contributed by atoms with Crippen molar-refractivity contribution >= 4 is 0 Å². The lowest BCUT2D eigenvalue weighted by Gasteiger charge is -2.11. The third-order valence-corrected chi connectivity index (χ3v) is 3.41. The Kier molecular flexibility index (Phi) is 2.31. The van der Waals surface area contributed by atoms with Crippen LogP contribution in [0, 0.1) is 0 Å². The van der Waals surface area contributed by atoms with E-state index in [1.54, 1.807) is 7.05 Å². The quantitative estimate of drug-likeness (QED) is 0.654. The number of rotatable bonds is 2. The predicted molar refractivity (Wildman–Crippen MR) is 59.6 cm³/mol. The van der Waals surface area contributed by atoms with E-state index in [4.69, 9.17) is 4.74 Å². The van der Waals surface area contributed by atoms with Gasteiger partial charge in [-0.25, -0.2) is 4.79 Å². The molecule has 88 valence electrons. The average Bonchev–Trinajstić information content (AvgIpc) is 2.80. The van der Waals surface area contributed by atoms with Crippen LogP contribution in [0.4, 0.5) is 0 Å². The zero-order valence-electron chi connectivity index (χ0n) is 9.98. The first-order chi connectivity index (χ1) is 7.35. The van der Waals surface area contributed by atoms with Gasteiger partial charge in [-0.1, -0.05) is 0 Å². The second-order valence-corrected chi connectivity index (χ2v) is 4.62. The van der Waals surface area contributed by atoms with E-state index in [1.807, 2.05) is 13.8 Å². The van der Waals surface area contributed by atoms with Gasteiger partial charge in [0.25, 0.3) is 5.56 Å². The molecule has 5 nitrogen and oxygen atoms in total. The van der Waals surface area contributed by atoms with Gasteiger partial charge in [-0.15, -0.1) is 0 Å². The Morgan fingerprint density at radius 3 is 2.44 bits per heavy atom. The summed E-state index contributed by atoms with van der Waals surface area (Å²) >= 11 is 0. The Morgan fingerprint density at radius 1 is 1.38 bits per heavy atom. The second kappa shape index (κ2) is 3.31. The van der Waals surface area contributed by atoms with E-state index in [0.717, 1.165) is 10.3 Å². The number of hydrogen-bond donors (Lipinski definition) is 0. The number of nitrogens with zero attached hydrogens (tertiary/aromatic N) is 2. The highest BCUT2D eigenvalue weighted by atomic mass is 16.6. The molecule has 0 unspecified atom stereocenters. The van der Waals surface area contributed by atoms with Gasteiger partial charge < -0.3 is 9.30 Å². The predicted octanol–water partition coefficient (Wildman–Crippen LogP) is -0.196. The summed E-state index contributed by atoms with van der Waals surface area (Å²) in [6.45, 7) is 3.97. The summed E-state index contributed by atoms with van der Waals surface area (Å²) in [6, 6.07) is 1.50. The average molecular weight is 224 g/mol. The van der Waals surface area contributed by atoms with Crippen molar-refractivity contribution in [2.45, 2.75) is 32.0 Å². The third kappa shape index (κ3) is 1.61. The van der Waals surface area contributed by atoms with Gasteiger partial charge in [0.15, 0.2) is 0 Å². The second-order valence-electron chi connectivity index (χ2n) is 4.62. The van der Waals surface area contributed by atoms with Crippen LogP contribution in [0.3, 0.4) is 0 Å². The van der Waals surface area contributed by atoms with Crippen LogP contribution in [-0.2, 0) is 25.3 Å². The lowest BCUT2D eigenvalue weighted by Crippen LogP contribution is -2.39. The van der Waals surface area contributed by atoms with Gasteiger partial charge in [-0.3, -0.25) is 9.36 Å². The minimum atomic E-state index is -0.292. The number of ether oxygens (including phenoxy) is 1. The molecule has 2 rings (SSSR count). The fourth-order valence-corrected chi connectivity index (χ4v) is 1.86. The van der Waals surface area contributed by atoms with Gasteiger partial charge in [-0.2, -0.15) is 0 Å². The third-order valence-electron chi connectivity index (χ3n) is 3.41. The summed E-state index contributed by atoms with van der Waals surface area (Å²) in [5.41, 5.74) is -0.0642. The summed E-state index contributed by atoms with van der Waals surface area (Å²) < 4.78 is 8.05. The molecule has 2 heterocycles. The van der Waals surface area contributed by atoms with Crippen molar-refractivity contribution in [1.82, 2.24) is 9.13 Å². The Bertz CT molecular complexity index is 543. The summed E-state index contributed by atoms with van der Waals surface area (Å²) in [4.78, 5) is 23.2. The first-order valence-corrected chi connectivity index (χ1v) is 5.29. The van der Waals surface area contributed by atoms with Gasteiger partial charge in [0.05, 0.1) is 11.7 Å². The summed E-state index contributed by atoms with van der Waals surface area (Å²) in [7, 11) is 3.15. The molecule has 0 aromatic carbocycles. The smallest absolute Gasteiger partial charge is 0.330 e. The molecule has 1 aromatic heterocycles. The molecule has 1 saturated heterocycles. The zero-order chi connectivity index (χ0) is 12.1. The number of epoxide rings is 1. The van der Waals surface area contributed by atoms with E-state index >= 15 is 0 Å². The molecule has 0 bridgehead atoms. The van der Waals surface area contributed by atoms with Crippen molar-refractivity contribution < 1.29 is 4.74 Å². The fourth-order valence-electron chi connectivity index (χ4n) is 1.86. The zero-order valence-corrected chi connectivity index (χ0v) is 9.98. The lowest BCUT2D eigenvalue weighted by atomic mass is 10.0. The standard InChI is InChI=1S/C11H16N2O3/c1-7-11(2,16-7)6-8-5-9(14)13(4)10(15)12(8)3/h5,7H,6H2,1-4H3/t7-,11-/m0/s1. The monoisotopic (exact) mass is 224 g/mol. The molecule has 1 aliphatic rings. The van der Waals surface area contributed by atoms with Crippen LogP contribution in [0.25, 0.3) is 0 Å². The molecule has 1 aliphatic heterocycles. The molecule has 0 radical (unpaired) electrons. The minimum Gasteiger partial charge on any atom is -0.366 e. The van der Waals surface area contributed by atoms with Gasteiger partial charge in [0.1, 0.15) is 0 Å². The van der Waals surface area contributed by atoms with Crippen LogP contribution in [0.2, 0.25) is 0 Å². The molecular formula is C11H16N2O3. The van der Waals surface area contributed by atoms with Gasteiger partial charge in [-0.05, 0) is 13.8 Å². The van der Waals surface area contributed by atoms with Gasteiger partial charge >= 0.3 is 5.69 Å². The summed E-state index contributed by atoms with van der Waals surface area (Å²) in [5, 5.41) is 0. The molecule has 2 atom stereocenters. The van der Waals surface area contributed by atoms with Crippen molar-refractivity contribution in [2.24, 2.45) is 14.1 Å². The van der Waals surface area contributed by atoms with Gasteiger partial charge in [0, 0.05) is 32.3 Å². The van der Waals surface area contributed by atoms with E-state index in [-0.39, 0.29) is 23.0 Å². The van der Waals surface area contributed by atoms with Crippen molar-refractivity contribution in [3.8, 4) is 0 Å². The molecule has 0 saturated carbocycles. The molecule has 1 fully saturated rings. The van der Waals surface area contributed by atoms with Gasteiger partial charge in [0.2, 0.25) is 0 Å². The van der Waals surface area contributed by atoms with Crippen LogP contribution in [0.5, 0.6) is 0 Å². The first kappa shape index (κ1) is 11.1. The van der Waals surface area contributed by atoms with E-state index in [1.165, 1.54) is 17.7 Å². The first-order valence-electron chi connectivity index (χ1n) is 5.29. The molecular weight excluding hydrogens is 208 g/mol. The molecule has 1 aromatic rings. The Balaban J connectivity index is 2.43. The molecule has 0 spiro atoms. The fraction of sp³-hybridized carbons (Fsp3) is 0.636. The van der Waals surface area contributed by atoms with Crippen LogP contribution in [0.1, 0.15) is 19.5 Å². The molecule has 16 heavy (non-hydrogen) atoms. The SMILES string of the molecule is C[C@@H]1O[C@@]1(C)Cc1cc(=O)n(C)c(=O)n1C. The number of aromatic nitrogens is 2. The van der Waals surface area contributed by atoms with Crippen LogP contribution < -0.4 is 11.2 Å². The highest BCUT2D eigenvalue weighted by Gasteiger charge is 2.49. The van der Waals surface area contributed by atoms with E-state index in [9.17, 15) is 9.59 Å². The maximum absolute atomic E-state index is 11.7. The highest BCUT2D eigenvalue weighted by molar-refractivity contribution is 5.11. The summed E-state index contributed by atoms with van der Waals surface area (Å²) in [5.74, 6) is 0. The molecule has 0 aliphatic carbocycles. The van der Waals surface area contributed by atoms with Crippen molar-refractivity contribution in [3.63, 3.8) is 0 Å². The van der Waals surface area contributed by atoms with E-state index in [2.05, 4.69) is 0 Å². The Morgan fingerprint density at radius 2 is 1.94 bits per heavy atom. The molecule has 0 N–H and O–H groups in total.